The maximum absolute atomic E-state index is 14.1. The van der Waals surface area contributed by atoms with Gasteiger partial charge in [-0.1, -0.05) is 12.1 Å². The summed E-state index contributed by atoms with van der Waals surface area (Å²) in [5.41, 5.74) is 0.809. The van der Waals surface area contributed by atoms with Gasteiger partial charge in [-0.2, -0.15) is 30.8 Å². The van der Waals surface area contributed by atoms with Crippen LogP contribution in [0.3, 0.4) is 0 Å². The quantitative estimate of drug-likeness (QED) is 0.651. The Morgan fingerprint density at radius 2 is 1.86 bits per heavy atom. The molecule has 3 aromatic rings. The van der Waals surface area contributed by atoms with Crippen LogP contribution >= 0.6 is 0 Å². The molecule has 2 heterocycles. The molecule has 0 fully saturated rings. The SMILES string of the molecule is OC(Cc1cn[nH]n1)C(c1cn[nH]n1)c1cccc(F)c1F. The zero-order valence-corrected chi connectivity index (χ0v) is 11.2. The Balaban J connectivity index is 1.99. The van der Waals surface area contributed by atoms with Crippen molar-refractivity contribution in [1.82, 2.24) is 30.8 Å². The van der Waals surface area contributed by atoms with Gasteiger partial charge in [0.2, 0.25) is 0 Å². The van der Waals surface area contributed by atoms with E-state index in [9.17, 15) is 13.9 Å². The van der Waals surface area contributed by atoms with E-state index < -0.39 is 23.7 Å². The minimum Gasteiger partial charge on any atom is -0.392 e. The summed E-state index contributed by atoms with van der Waals surface area (Å²) in [6, 6.07) is 3.80. The van der Waals surface area contributed by atoms with Gasteiger partial charge in [0, 0.05) is 12.0 Å². The first kappa shape index (κ1) is 14.3. The third-order valence-corrected chi connectivity index (χ3v) is 3.34. The van der Waals surface area contributed by atoms with Crippen molar-refractivity contribution < 1.29 is 13.9 Å². The van der Waals surface area contributed by atoms with Crippen LogP contribution in [0.25, 0.3) is 0 Å². The number of aliphatic hydroxyl groups is 1. The van der Waals surface area contributed by atoms with E-state index >= 15 is 0 Å². The van der Waals surface area contributed by atoms with Crippen LogP contribution in [0, 0.1) is 11.6 Å². The first-order valence-corrected chi connectivity index (χ1v) is 6.49. The number of hydrogen-bond donors (Lipinski definition) is 3. The molecule has 3 N–H and O–H groups in total. The second-order valence-electron chi connectivity index (χ2n) is 4.75. The second kappa shape index (κ2) is 5.98. The standard InChI is InChI=1S/C13H12F2N6O/c14-9-3-1-2-8(13(9)15)12(10-6-17-21-19-10)11(22)4-7-5-16-20-18-7/h1-3,5-6,11-12,22H,4H2,(H,16,18,20)(H,17,19,21). The first-order valence-electron chi connectivity index (χ1n) is 6.49. The highest BCUT2D eigenvalue weighted by Gasteiger charge is 2.29. The highest BCUT2D eigenvalue weighted by molar-refractivity contribution is 5.31. The van der Waals surface area contributed by atoms with Crippen molar-refractivity contribution in [3.8, 4) is 0 Å². The molecule has 2 unspecified atom stereocenters. The summed E-state index contributed by atoms with van der Waals surface area (Å²) in [6.45, 7) is 0. The van der Waals surface area contributed by atoms with Gasteiger partial charge in [-0.3, -0.25) is 0 Å². The largest absolute Gasteiger partial charge is 0.392 e. The van der Waals surface area contributed by atoms with Crippen LogP contribution in [0.15, 0.2) is 30.6 Å². The summed E-state index contributed by atoms with van der Waals surface area (Å²) in [4.78, 5) is 0. The molecule has 2 aromatic heterocycles. The zero-order chi connectivity index (χ0) is 15.5. The van der Waals surface area contributed by atoms with Crippen molar-refractivity contribution in [3.05, 3.63) is 59.2 Å². The van der Waals surface area contributed by atoms with Crippen LogP contribution in [0.4, 0.5) is 8.78 Å². The average molecular weight is 306 g/mol. The highest BCUT2D eigenvalue weighted by Crippen LogP contribution is 2.30. The summed E-state index contributed by atoms with van der Waals surface area (Å²) >= 11 is 0. The molecule has 0 saturated heterocycles. The van der Waals surface area contributed by atoms with Crippen molar-refractivity contribution in [2.45, 2.75) is 18.4 Å². The zero-order valence-electron chi connectivity index (χ0n) is 11.2. The molecule has 0 aliphatic heterocycles. The van der Waals surface area contributed by atoms with E-state index in [1.807, 2.05) is 0 Å². The predicted molar refractivity (Wildman–Crippen MR) is 70.7 cm³/mol. The number of aliphatic hydroxyl groups excluding tert-OH is 1. The van der Waals surface area contributed by atoms with E-state index in [0.29, 0.717) is 11.4 Å². The Hall–Kier alpha value is -2.68. The summed E-state index contributed by atoms with van der Waals surface area (Å²) in [5, 5.41) is 30.3. The van der Waals surface area contributed by atoms with Gasteiger partial charge in [-0.15, -0.1) is 0 Å². The van der Waals surface area contributed by atoms with Crippen molar-refractivity contribution in [2.24, 2.45) is 0 Å². The van der Waals surface area contributed by atoms with Gasteiger partial charge >= 0.3 is 0 Å². The van der Waals surface area contributed by atoms with Crippen molar-refractivity contribution in [3.63, 3.8) is 0 Å². The Labute approximate surface area is 123 Å². The number of rotatable bonds is 5. The van der Waals surface area contributed by atoms with Gasteiger partial charge in [-0.05, 0) is 6.07 Å². The van der Waals surface area contributed by atoms with Crippen molar-refractivity contribution in [2.75, 3.05) is 0 Å². The molecule has 0 aliphatic rings. The average Bonchev–Trinajstić information content (AvgIpc) is 3.17. The molecule has 7 nitrogen and oxygen atoms in total. The highest BCUT2D eigenvalue weighted by atomic mass is 19.2. The normalized spacial score (nSPS) is 14.0. The Morgan fingerprint density at radius 1 is 1.09 bits per heavy atom. The Kier molecular flexibility index (Phi) is 3.88. The number of H-pyrrole nitrogens is 2. The third-order valence-electron chi connectivity index (χ3n) is 3.34. The van der Waals surface area contributed by atoms with E-state index in [2.05, 4.69) is 30.8 Å². The van der Waals surface area contributed by atoms with Crippen LogP contribution in [-0.4, -0.2) is 42.0 Å². The predicted octanol–water partition coefficient (Wildman–Crippen LogP) is 0.936. The summed E-state index contributed by atoms with van der Waals surface area (Å²) in [7, 11) is 0. The van der Waals surface area contributed by atoms with Crippen molar-refractivity contribution in [1.29, 1.82) is 0 Å². The van der Waals surface area contributed by atoms with E-state index in [-0.39, 0.29) is 12.0 Å². The van der Waals surface area contributed by atoms with Crippen LogP contribution in [-0.2, 0) is 6.42 Å². The number of benzene rings is 1. The minimum absolute atomic E-state index is 0.00453. The molecule has 0 amide bonds. The molecule has 2 atom stereocenters. The van der Waals surface area contributed by atoms with Crippen LogP contribution in [0.2, 0.25) is 0 Å². The van der Waals surface area contributed by atoms with Crippen LogP contribution < -0.4 is 0 Å². The monoisotopic (exact) mass is 306 g/mol. The first-order chi connectivity index (χ1) is 10.7. The van der Waals surface area contributed by atoms with E-state index in [1.165, 1.54) is 24.5 Å². The molecule has 0 bridgehead atoms. The van der Waals surface area contributed by atoms with Crippen LogP contribution in [0.5, 0.6) is 0 Å². The fraction of sp³-hybridized carbons (Fsp3) is 0.231. The molecule has 9 heteroatoms. The van der Waals surface area contributed by atoms with Gasteiger partial charge in [0.25, 0.3) is 0 Å². The number of nitrogens with one attached hydrogen (secondary N) is 2. The Morgan fingerprint density at radius 3 is 2.55 bits per heavy atom. The second-order valence-corrected chi connectivity index (χ2v) is 4.75. The number of nitrogens with zero attached hydrogens (tertiary/aromatic N) is 4. The molecule has 0 aliphatic carbocycles. The smallest absolute Gasteiger partial charge is 0.162 e. The molecule has 114 valence electrons. The van der Waals surface area contributed by atoms with E-state index in [0.717, 1.165) is 6.07 Å². The minimum atomic E-state index is -1.08. The Bertz CT molecular complexity index is 731. The topological polar surface area (TPSA) is 103 Å². The van der Waals surface area contributed by atoms with Crippen LogP contribution in [0.1, 0.15) is 22.9 Å². The molecule has 0 saturated carbocycles. The summed E-state index contributed by atoms with van der Waals surface area (Å²) in [5.74, 6) is -2.89. The molecule has 22 heavy (non-hydrogen) atoms. The molecular formula is C13H12F2N6O. The lowest BCUT2D eigenvalue weighted by molar-refractivity contribution is 0.152. The summed E-state index contributed by atoms with van der Waals surface area (Å²) in [6.07, 6.45) is 1.84. The molecule has 0 radical (unpaired) electrons. The lowest BCUT2D eigenvalue weighted by atomic mass is 9.88. The van der Waals surface area contributed by atoms with Gasteiger partial charge < -0.3 is 5.11 Å². The van der Waals surface area contributed by atoms with Gasteiger partial charge in [0.15, 0.2) is 11.6 Å². The number of aromatic nitrogens is 6. The van der Waals surface area contributed by atoms with Gasteiger partial charge in [0.05, 0.1) is 35.8 Å². The summed E-state index contributed by atoms with van der Waals surface area (Å²) < 4.78 is 27.6. The van der Waals surface area contributed by atoms with E-state index in [4.69, 9.17) is 0 Å². The van der Waals surface area contributed by atoms with Gasteiger partial charge in [-0.25, -0.2) is 8.78 Å². The lowest BCUT2D eigenvalue weighted by Gasteiger charge is -2.21. The maximum atomic E-state index is 14.1. The number of halogens is 2. The van der Waals surface area contributed by atoms with Crippen molar-refractivity contribution >= 4 is 0 Å². The molecular weight excluding hydrogens is 294 g/mol. The molecule has 3 rings (SSSR count). The number of hydrogen-bond acceptors (Lipinski definition) is 5. The molecule has 1 aromatic carbocycles. The van der Waals surface area contributed by atoms with Gasteiger partial charge in [0.1, 0.15) is 0 Å². The fourth-order valence-electron chi connectivity index (χ4n) is 2.34. The fourth-order valence-corrected chi connectivity index (χ4v) is 2.34. The van der Waals surface area contributed by atoms with E-state index in [1.54, 1.807) is 0 Å². The third kappa shape index (κ3) is 2.70. The molecule has 0 spiro atoms. The maximum Gasteiger partial charge on any atom is 0.162 e. The number of aromatic amines is 2. The lowest BCUT2D eigenvalue weighted by Crippen LogP contribution is -2.24.